The molecule has 4 heteroatoms. The maximum Gasteiger partial charge on any atom is 0.142 e. The Kier molecular flexibility index (Phi) is 5.50. The topological polar surface area (TPSA) is 12.5 Å². The summed E-state index contributed by atoms with van der Waals surface area (Å²) in [5.41, 5.74) is 3.61. The molecule has 0 amide bonds. The third-order valence-electron chi connectivity index (χ3n) is 4.43. The minimum absolute atomic E-state index is 0.325. The van der Waals surface area contributed by atoms with Gasteiger partial charge in [-0.2, -0.15) is 0 Å². The van der Waals surface area contributed by atoms with Crippen molar-refractivity contribution in [2.75, 3.05) is 13.3 Å². The van der Waals surface area contributed by atoms with Crippen LogP contribution >= 0.6 is 23.2 Å². The first-order valence-electron chi connectivity index (χ1n) is 8.10. The Bertz CT molecular complexity index is 722. The van der Waals surface area contributed by atoms with Gasteiger partial charge in [0.25, 0.3) is 0 Å². The van der Waals surface area contributed by atoms with Crippen LogP contribution in [0.15, 0.2) is 54.3 Å². The summed E-state index contributed by atoms with van der Waals surface area (Å²) >= 11 is 12.2. The SMILES string of the molecule is CC1=C(c2ccccc2)CN(C(C)Cc2cc(Cl)cc(Cl)c2)CO1. The van der Waals surface area contributed by atoms with E-state index < -0.39 is 0 Å². The van der Waals surface area contributed by atoms with Crippen molar-refractivity contribution in [3.8, 4) is 0 Å². The average Bonchev–Trinajstić information content (AvgIpc) is 2.55. The maximum atomic E-state index is 6.11. The third kappa shape index (κ3) is 4.13. The van der Waals surface area contributed by atoms with E-state index in [-0.39, 0.29) is 0 Å². The van der Waals surface area contributed by atoms with E-state index in [1.54, 1.807) is 6.07 Å². The standard InChI is InChI=1S/C20H21Cl2NO/c1-14(8-16-9-18(21)11-19(22)10-16)23-12-20(15(2)24-13-23)17-6-4-3-5-7-17/h3-7,9-11,14H,8,12-13H2,1-2H3. The Hall–Kier alpha value is -1.48. The molecular formula is C20H21Cl2NO. The molecule has 0 N–H and O–H groups in total. The maximum absolute atomic E-state index is 6.11. The summed E-state index contributed by atoms with van der Waals surface area (Å²) in [7, 11) is 0. The average molecular weight is 362 g/mol. The first kappa shape index (κ1) is 17.3. The Balaban J connectivity index is 1.74. The van der Waals surface area contributed by atoms with Gasteiger partial charge in [0.1, 0.15) is 6.73 Å². The molecule has 3 rings (SSSR count). The largest absolute Gasteiger partial charge is 0.482 e. The predicted octanol–water partition coefficient (Wildman–Crippen LogP) is 5.65. The third-order valence-corrected chi connectivity index (χ3v) is 4.87. The molecule has 2 aromatic carbocycles. The lowest BCUT2D eigenvalue weighted by atomic mass is 10.0. The van der Waals surface area contributed by atoms with Crippen molar-refractivity contribution in [3.63, 3.8) is 0 Å². The lowest BCUT2D eigenvalue weighted by Gasteiger charge is -2.34. The van der Waals surface area contributed by atoms with Crippen LogP contribution in [0.1, 0.15) is 25.0 Å². The van der Waals surface area contributed by atoms with Crippen LogP contribution in [0.4, 0.5) is 0 Å². The van der Waals surface area contributed by atoms with Gasteiger partial charge in [0.05, 0.1) is 5.76 Å². The lowest BCUT2D eigenvalue weighted by molar-refractivity contribution is 0.0430. The zero-order valence-corrected chi connectivity index (χ0v) is 15.4. The molecule has 2 aromatic rings. The normalized spacial score (nSPS) is 16.8. The molecule has 24 heavy (non-hydrogen) atoms. The summed E-state index contributed by atoms with van der Waals surface area (Å²) in [6.45, 7) is 5.74. The number of benzene rings is 2. The molecule has 0 radical (unpaired) electrons. The first-order valence-corrected chi connectivity index (χ1v) is 8.85. The smallest absolute Gasteiger partial charge is 0.142 e. The number of halogens is 2. The summed E-state index contributed by atoms with van der Waals surface area (Å²) in [5.74, 6) is 1.01. The second-order valence-electron chi connectivity index (χ2n) is 6.25. The van der Waals surface area contributed by atoms with Crippen LogP contribution in [0.5, 0.6) is 0 Å². The number of hydrogen-bond donors (Lipinski definition) is 0. The summed E-state index contributed by atoms with van der Waals surface area (Å²) in [6, 6.07) is 16.5. The van der Waals surface area contributed by atoms with E-state index in [1.807, 2.05) is 25.1 Å². The van der Waals surface area contributed by atoms with Gasteiger partial charge in [-0.15, -0.1) is 0 Å². The highest BCUT2D eigenvalue weighted by Crippen LogP contribution is 2.27. The first-order chi connectivity index (χ1) is 11.5. The molecule has 0 saturated heterocycles. The number of rotatable bonds is 4. The molecule has 1 aliphatic heterocycles. The molecule has 0 spiro atoms. The van der Waals surface area contributed by atoms with Gasteiger partial charge in [0, 0.05) is 28.2 Å². The van der Waals surface area contributed by atoms with Gasteiger partial charge in [-0.3, -0.25) is 4.90 Å². The van der Waals surface area contributed by atoms with Crippen LogP contribution in [-0.2, 0) is 11.2 Å². The second kappa shape index (κ2) is 7.60. The van der Waals surface area contributed by atoms with Gasteiger partial charge in [-0.05, 0) is 49.6 Å². The van der Waals surface area contributed by atoms with Crippen LogP contribution in [0, 0.1) is 0 Å². The summed E-state index contributed by atoms with van der Waals surface area (Å²) in [6.07, 6.45) is 0.880. The van der Waals surface area contributed by atoms with Crippen molar-refractivity contribution in [2.45, 2.75) is 26.3 Å². The zero-order valence-electron chi connectivity index (χ0n) is 13.9. The van der Waals surface area contributed by atoms with Gasteiger partial charge in [-0.1, -0.05) is 53.5 Å². The quantitative estimate of drug-likeness (QED) is 0.697. The van der Waals surface area contributed by atoms with Gasteiger partial charge in [0.2, 0.25) is 0 Å². The second-order valence-corrected chi connectivity index (χ2v) is 7.12. The molecule has 0 saturated carbocycles. The van der Waals surface area contributed by atoms with Crippen molar-refractivity contribution < 1.29 is 4.74 Å². The fourth-order valence-corrected chi connectivity index (χ4v) is 3.61. The summed E-state index contributed by atoms with van der Waals surface area (Å²) < 4.78 is 5.92. The van der Waals surface area contributed by atoms with Crippen molar-refractivity contribution >= 4 is 28.8 Å². The molecule has 1 heterocycles. The molecule has 0 fully saturated rings. The van der Waals surface area contributed by atoms with Gasteiger partial charge >= 0.3 is 0 Å². The van der Waals surface area contributed by atoms with E-state index in [0.717, 1.165) is 24.3 Å². The summed E-state index contributed by atoms with van der Waals surface area (Å²) in [4.78, 5) is 2.34. The van der Waals surface area contributed by atoms with Crippen LogP contribution in [0.3, 0.4) is 0 Å². The highest BCUT2D eigenvalue weighted by molar-refractivity contribution is 6.34. The molecule has 2 nitrogen and oxygen atoms in total. The van der Waals surface area contributed by atoms with E-state index in [9.17, 15) is 0 Å². The van der Waals surface area contributed by atoms with Crippen molar-refractivity contribution in [2.24, 2.45) is 0 Å². The number of nitrogens with zero attached hydrogens (tertiary/aromatic N) is 1. The molecule has 1 aliphatic rings. The van der Waals surface area contributed by atoms with Crippen molar-refractivity contribution in [1.82, 2.24) is 4.90 Å². The Morgan fingerprint density at radius 2 is 1.75 bits per heavy atom. The number of hydrogen-bond acceptors (Lipinski definition) is 2. The molecular weight excluding hydrogens is 341 g/mol. The Labute approximate surface area is 153 Å². The minimum Gasteiger partial charge on any atom is -0.482 e. The zero-order chi connectivity index (χ0) is 17.1. The van der Waals surface area contributed by atoms with Crippen molar-refractivity contribution in [1.29, 1.82) is 0 Å². The molecule has 0 bridgehead atoms. The van der Waals surface area contributed by atoms with Crippen LogP contribution in [-0.4, -0.2) is 24.2 Å². The lowest BCUT2D eigenvalue weighted by Crippen LogP contribution is -2.40. The summed E-state index contributed by atoms with van der Waals surface area (Å²) in [5, 5.41) is 1.36. The van der Waals surface area contributed by atoms with E-state index >= 15 is 0 Å². The van der Waals surface area contributed by atoms with Crippen LogP contribution in [0.2, 0.25) is 10.0 Å². The monoisotopic (exact) mass is 361 g/mol. The van der Waals surface area contributed by atoms with Crippen molar-refractivity contribution in [3.05, 3.63) is 75.5 Å². The molecule has 1 atom stereocenters. The van der Waals surface area contributed by atoms with E-state index in [0.29, 0.717) is 22.8 Å². The van der Waals surface area contributed by atoms with E-state index in [2.05, 4.69) is 36.1 Å². The molecule has 0 aliphatic carbocycles. The molecule has 126 valence electrons. The highest BCUT2D eigenvalue weighted by atomic mass is 35.5. The fraction of sp³-hybridized carbons (Fsp3) is 0.300. The Morgan fingerprint density at radius 3 is 2.42 bits per heavy atom. The Morgan fingerprint density at radius 1 is 1.08 bits per heavy atom. The van der Waals surface area contributed by atoms with Gasteiger partial charge in [0.15, 0.2) is 0 Å². The van der Waals surface area contributed by atoms with E-state index in [4.69, 9.17) is 27.9 Å². The van der Waals surface area contributed by atoms with Gasteiger partial charge < -0.3 is 4.74 Å². The highest BCUT2D eigenvalue weighted by Gasteiger charge is 2.23. The fourth-order valence-electron chi connectivity index (χ4n) is 3.04. The number of allylic oxidation sites excluding steroid dienone is 1. The van der Waals surface area contributed by atoms with Crippen LogP contribution < -0.4 is 0 Å². The predicted molar refractivity (Wildman–Crippen MR) is 101 cm³/mol. The molecule has 0 aromatic heterocycles. The minimum atomic E-state index is 0.325. The van der Waals surface area contributed by atoms with E-state index in [1.165, 1.54) is 11.1 Å². The number of ether oxygens (including phenoxy) is 1. The van der Waals surface area contributed by atoms with Gasteiger partial charge in [-0.25, -0.2) is 0 Å². The van der Waals surface area contributed by atoms with Crippen LogP contribution in [0.25, 0.3) is 5.57 Å². The molecule has 1 unspecified atom stereocenters.